The Morgan fingerprint density at radius 1 is 1.46 bits per heavy atom. The van der Waals surface area contributed by atoms with E-state index in [-0.39, 0.29) is 5.78 Å². The third-order valence-electron chi connectivity index (χ3n) is 4.89. The lowest BCUT2D eigenvalue weighted by molar-refractivity contribution is -0.0482. The third kappa shape index (κ3) is 2.88. The first-order valence-electron chi connectivity index (χ1n) is 8.04. The van der Waals surface area contributed by atoms with Crippen LogP contribution < -0.4 is 5.32 Å². The molecule has 24 heavy (non-hydrogen) atoms. The predicted octanol–water partition coefficient (Wildman–Crippen LogP) is 3.32. The standard InChI is InChI=1S/C18H21ClN2O3/c1-17(2,23)18(7-4-8-20-11-18)16(22)14-10-21-24-15(14)12-5-3-6-13(19)9-12/h3,5-6,9-10,20,23H,4,7-8,11H2,1-2H3/t18-/m1/s1. The molecule has 1 aliphatic heterocycles. The minimum Gasteiger partial charge on any atom is -0.389 e. The van der Waals surface area contributed by atoms with Gasteiger partial charge in [0.2, 0.25) is 0 Å². The Labute approximate surface area is 146 Å². The van der Waals surface area contributed by atoms with Crippen LogP contribution in [0.2, 0.25) is 5.02 Å². The van der Waals surface area contributed by atoms with E-state index < -0.39 is 11.0 Å². The van der Waals surface area contributed by atoms with E-state index in [4.69, 9.17) is 16.1 Å². The van der Waals surface area contributed by atoms with Crippen molar-refractivity contribution >= 4 is 17.4 Å². The Morgan fingerprint density at radius 3 is 2.88 bits per heavy atom. The fourth-order valence-electron chi connectivity index (χ4n) is 3.40. The minimum atomic E-state index is -1.17. The zero-order chi connectivity index (χ0) is 17.4. The van der Waals surface area contributed by atoms with Crippen LogP contribution in [0.15, 0.2) is 35.0 Å². The monoisotopic (exact) mass is 348 g/mol. The lowest BCUT2D eigenvalue weighted by atomic mass is 9.64. The van der Waals surface area contributed by atoms with Gasteiger partial charge in [0.15, 0.2) is 11.5 Å². The van der Waals surface area contributed by atoms with Crippen LogP contribution in [0.3, 0.4) is 0 Å². The maximum Gasteiger partial charge on any atom is 0.178 e. The van der Waals surface area contributed by atoms with Gasteiger partial charge in [0.05, 0.1) is 22.8 Å². The number of ketones is 1. The number of nitrogens with zero attached hydrogens (tertiary/aromatic N) is 1. The normalized spacial score (nSPS) is 21.7. The van der Waals surface area contributed by atoms with Gasteiger partial charge < -0.3 is 14.9 Å². The summed E-state index contributed by atoms with van der Waals surface area (Å²) in [6.45, 7) is 4.64. The summed E-state index contributed by atoms with van der Waals surface area (Å²) in [5.41, 5.74) is -1.01. The van der Waals surface area contributed by atoms with Crippen molar-refractivity contribution in [3.63, 3.8) is 0 Å². The van der Waals surface area contributed by atoms with Gasteiger partial charge in [-0.3, -0.25) is 4.79 Å². The molecule has 128 valence electrons. The summed E-state index contributed by atoms with van der Waals surface area (Å²) >= 11 is 6.05. The number of nitrogens with one attached hydrogen (secondary N) is 1. The molecule has 0 bridgehead atoms. The molecule has 0 spiro atoms. The molecule has 2 aromatic rings. The second-order valence-electron chi connectivity index (χ2n) is 6.83. The van der Waals surface area contributed by atoms with E-state index in [1.807, 2.05) is 6.07 Å². The van der Waals surface area contributed by atoms with Gasteiger partial charge in [-0.15, -0.1) is 0 Å². The Hall–Kier alpha value is -1.69. The molecule has 6 heteroatoms. The lowest BCUT2D eigenvalue weighted by Crippen LogP contribution is -2.57. The van der Waals surface area contributed by atoms with Gasteiger partial charge >= 0.3 is 0 Å². The van der Waals surface area contributed by atoms with Crippen molar-refractivity contribution in [1.82, 2.24) is 10.5 Å². The Bertz CT molecular complexity index is 743. The molecule has 0 unspecified atom stereocenters. The Morgan fingerprint density at radius 2 is 2.25 bits per heavy atom. The summed E-state index contributed by atoms with van der Waals surface area (Å²) in [5.74, 6) is 0.232. The summed E-state index contributed by atoms with van der Waals surface area (Å²) in [5, 5.41) is 18.3. The highest BCUT2D eigenvalue weighted by atomic mass is 35.5. The second kappa shape index (κ2) is 6.31. The number of carbonyl (C=O) groups excluding carboxylic acids is 1. The molecular weight excluding hydrogens is 328 g/mol. The smallest absolute Gasteiger partial charge is 0.178 e. The number of carbonyl (C=O) groups is 1. The van der Waals surface area contributed by atoms with E-state index >= 15 is 0 Å². The SMILES string of the molecule is CC(C)(O)[C@]1(C(=O)c2cnoc2-c2cccc(Cl)c2)CCCNC1. The maximum atomic E-state index is 13.4. The first kappa shape index (κ1) is 17.1. The van der Waals surface area contributed by atoms with E-state index in [0.717, 1.165) is 13.0 Å². The molecule has 5 nitrogen and oxygen atoms in total. The number of benzene rings is 1. The van der Waals surface area contributed by atoms with Crippen LogP contribution in [-0.4, -0.2) is 34.7 Å². The second-order valence-corrected chi connectivity index (χ2v) is 7.27. The number of halogens is 1. The third-order valence-corrected chi connectivity index (χ3v) is 5.13. The average molecular weight is 349 g/mol. The molecule has 0 aliphatic carbocycles. The van der Waals surface area contributed by atoms with Crippen LogP contribution in [0.5, 0.6) is 0 Å². The number of hydrogen-bond acceptors (Lipinski definition) is 5. The first-order chi connectivity index (χ1) is 11.3. The van der Waals surface area contributed by atoms with Crippen LogP contribution in [0.25, 0.3) is 11.3 Å². The van der Waals surface area contributed by atoms with Crippen molar-refractivity contribution in [1.29, 1.82) is 0 Å². The molecule has 1 aromatic carbocycles. The summed E-state index contributed by atoms with van der Waals surface area (Å²) in [6.07, 6.45) is 2.87. The minimum absolute atomic E-state index is 0.154. The maximum absolute atomic E-state index is 13.4. The number of Topliss-reactive ketones (excluding diaryl/α,β-unsaturated/α-hetero) is 1. The fourth-order valence-corrected chi connectivity index (χ4v) is 3.59. The van der Waals surface area contributed by atoms with Crippen LogP contribution in [-0.2, 0) is 0 Å². The van der Waals surface area contributed by atoms with Crippen LogP contribution in [0.4, 0.5) is 0 Å². The highest BCUT2D eigenvalue weighted by molar-refractivity contribution is 6.30. The number of aromatic nitrogens is 1. The molecule has 0 saturated carbocycles. The van der Waals surface area contributed by atoms with Crippen molar-refractivity contribution in [3.8, 4) is 11.3 Å². The van der Waals surface area contributed by atoms with Crippen molar-refractivity contribution in [2.75, 3.05) is 13.1 Å². The van der Waals surface area contributed by atoms with Gasteiger partial charge in [0.25, 0.3) is 0 Å². The number of rotatable bonds is 4. The van der Waals surface area contributed by atoms with E-state index in [2.05, 4.69) is 10.5 Å². The highest BCUT2D eigenvalue weighted by Crippen LogP contribution is 2.42. The molecule has 0 amide bonds. The molecule has 1 fully saturated rings. The highest BCUT2D eigenvalue weighted by Gasteiger charge is 2.51. The van der Waals surface area contributed by atoms with E-state index in [1.165, 1.54) is 6.20 Å². The molecule has 3 rings (SSSR count). The molecule has 2 heterocycles. The van der Waals surface area contributed by atoms with Crippen LogP contribution in [0.1, 0.15) is 37.0 Å². The summed E-state index contributed by atoms with van der Waals surface area (Å²) in [7, 11) is 0. The topological polar surface area (TPSA) is 75.4 Å². The summed E-state index contributed by atoms with van der Waals surface area (Å²) in [6, 6.07) is 7.10. The zero-order valence-corrected chi connectivity index (χ0v) is 14.6. The summed E-state index contributed by atoms with van der Waals surface area (Å²) < 4.78 is 5.34. The quantitative estimate of drug-likeness (QED) is 0.829. The summed E-state index contributed by atoms with van der Waals surface area (Å²) in [4.78, 5) is 13.4. The molecule has 0 radical (unpaired) electrons. The molecular formula is C18H21ClN2O3. The van der Waals surface area contributed by atoms with E-state index in [1.54, 1.807) is 32.0 Å². The van der Waals surface area contributed by atoms with Crippen molar-refractivity contribution < 1.29 is 14.4 Å². The van der Waals surface area contributed by atoms with Crippen molar-refractivity contribution in [2.24, 2.45) is 5.41 Å². The zero-order valence-electron chi connectivity index (χ0n) is 13.8. The fraction of sp³-hybridized carbons (Fsp3) is 0.444. The van der Waals surface area contributed by atoms with Gasteiger partial charge in [-0.1, -0.05) is 28.9 Å². The molecule has 1 saturated heterocycles. The molecule has 2 N–H and O–H groups in total. The number of piperidine rings is 1. The van der Waals surface area contributed by atoms with Gasteiger partial charge in [0.1, 0.15) is 0 Å². The Kier molecular flexibility index (Phi) is 4.51. The van der Waals surface area contributed by atoms with Gasteiger partial charge in [-0.2, -0.15) is 0 Å². The molecule has 1 aliphatic rings. The predicted molar refractivity (Wildman–Crippen MR) is 92.1 cm³/mol. The average Bonchev–Trinajstić information content (AvgIpc) is 3.03. The van der Waals surface area contributed by atoms with Crippen molar-refractivity contribution in [3.05, 3.63) is 41.0 Å². The number of hydrogen-bond donors (Lipinski definition) is 2. The van der Waals surface area contributed by atoms with E-state index in [9.17, 15) is 9.90 Å². The van der Waals surface area contributed by atoms with Gasteiger partial charge in [-0.05, 0) is 45.4 Å². The first-order valence-corrected chi connectivity index (χ1v) is 8.41. The van der Waals surface area contributed by atoms with E-state index in [0.29, 0.717) is 34.9 Å². The Balaban J connectivity index is 2.06. The van der Waals surface area contributed by atoms with Crippen LogP contribution in [0, 0.1) is 5.41 Å². The van der Waals surface area contributed by atoms with Gasteiger partial charge in [-0.25, -0.2) is 0 Å². The molecule has 1 atom stereocenters. The lowest BCUT2D eigenvalue weighted by Gasteiger charge is -2.44. The molecule has 1 aromatic heterocycles. The van der Waals surface area contributed by atoms with Crippen LogP contribution >= 0.6 is 11.6 Å². The number of aliphatic hydroxyl groups is 1. The largest absolute Gasteiger partial charge is 0.389 e. The van der Waals surface area contributed by atoms with Gasteiger partial charge in [0, 0.05) is 17.1 Å². The van der Waals surface area contributed by atoms with Crippen molar-refractivity contribution in [2.45, 2.75) is 32.3 Å².